The monoisotopic (exact) mass is 441 g/mol. The summed E-state index contributed by atoms with van der Waals surface area (Å²) in [5, 5.41) is 12.9. The molecule has 1 saturated heterocycles. The van der Waals surface area contributed by atoms with Crippen LogP contribution in [0.25, 0.3) is 11.1 Å². The zero-order valence-corrected chi connectivity index (χ0v) is 16.7. The molecule has 11 nitrogen and oxygen atoms in total. The van der Waals surface area contributed by atoms with E-state index in [1.165, 1.54) is 29.3 Å². The molecule has 1 aliphatic heterocycles. The number of rotatable bonds is 6. The molecule has 162 valence electrons. The van der Waals surface area contributed by atoms with E-state index >= 15 is 0 Å². The normalized spacial score (nSPS) is 19.5. The summed E-state index contributed by atoms with van der Waals surface area (Å²) in [6.07, 6.45) is 1.63. The highest BCUT2D eigenvalue weighted by molar-refractivity contribution is 7.89. The molecule has 2 aromatic rings. The molecule has 2 aromatic heterocycles. The van der Waals surface area contributed by atoms with Gasteiger partial charge in [-0.05, 0) is 6.07 Å². The first-order chi connectivity index (χ1) is 14.0. The predicted molar refractivity (Wildman–Crippen MR) is 102 cm³/mol. The van der Waals surface area contributed by atoms with Gasteiger partial charge in [0.25, 0.3) is 5.91 Å². The fraction of sp³-hybridized carbons (Fsp3) is 0.412. The second kappa shape index (κ2) is 8.26. The molecule has 30 heavy (non-hydrogen) atoms. The maximum Gasteiger partial charge on any atom is 0.407 e. The van der Waals surface area contributed by atoms with E-state index < -0.39 is 34.1 Å². The molecule has 3 heterocycles. The minimum absolute atomic E-state index is 0.0868. The first-order valence-electron chi connectivity index (χ1n) is 8.82. The van der Waals surface area contributed by atoms with Gasteiger partial charge in [-0.25, -0.2) is 22.6 Å². The third kappa shape index (κ3) is 5.03. The predicted octanol–water partition coefficient (Wildman–Crippen LogP) is 0.515. The summed E-state index contributed by atoms with van der Waals surface area (Å²) in [6, 6.07) is 1.39. The van der Waals surface area contributed by atoms with Crippen LogP contribution in [0.5, 0.6) is 5.88 Å². The average molecular weight is 441 g/mol. The number of piperidine rings is 1. The number of hydrogen-bond acceptors (Lipinski definition) is 7. The summed E-state index contributed by atoms with van der Waals surface area (Å²) in [5.74, 6) is -1.32. The van der Waals surface area contributed by atoms with Gasteiger partial charge in [-0.3, -0.25) is 9.48 Å². The zero-order chi connectivity index (χ0) is 22.1. The van der Waals surface area contributed by atoms with E-state index in [1.807, 2.05) is 0 Å². The van der Waals surface area contributed by atoms with Gasteiger partial charge in [0.05, 0.1) is 12.7 Å². The van der Waals surface area contributed by atoms with Crippen molar-refractivity contribution in [1.29, 1.82) is 0 Å². The Labute approximate surface area is 171 Å². The van der Waals surface area contributed by atoms with Crippen LogP contribution < -0.4 is 10.5 Å². The third-order valence-corrected chi connectivity index (χ3v) is 5.20. The number of carbonyl (C=O) groups is 2. The molecular formula is C17H20FN5O6S. The molecule has 3 N–H and O–H groups in total. The number of pyridine rings is 1. The lowest BCUT2D eigenvalue weighted by molar-refractivity contribution is 0.0222. The van der Waals surface area contributed by atoms with Crippen LogP contribution in [-0.2, 0) is 15.7 Å². The summed E-state index contributed by atoms with van der Waals surface area (Å²) >= 11 is 0. The van der Waals surface area contributed by atoms with Crippen molar-refractivity contribution in [2.24, 2.45) is 5.73 Å². The summed E-state index contributed by atoms with van der Waals surface area (Å²) in [6.45, 7) is -0.257. The van der Waals surface area contributed by atoms with Gasteiger partial charge in [0.1, 0.15) is 17.5 Å². The molecule has 1 fully saturated rings. The van der Waals surface area contributed by atoms with Crippen LogP contribution in [0.15, 0.2) is 24.7 Å². The number of primary amides is 1. The van der Waals surface area contributed by atoms with Gasteiger partial charge in [-0.1, -0.05) is 0 Å². The van der Waals surface area contributed by atoms with Crippen LogP contribution in [0.1, 0.15) is 16.8 Å². The van der Waals surface area contributed by atoms with E-state index in [-0.39, 0.29) is 36.8 Å². The molecule has 0 aliphatic carbocycles. The van der Waals surface area contributed by atoms with Crippen molar-refractivity contribution < 1.29 is 32.2 Å². The molecule has 0 bridgehead atoms. The van der Waals surface area contributed by atoms with Gasteiger partial charge in [0.15, 0.2) is 16.0 Å². The number of alkyl halides is 1. The van der Waals surface area contributed by atoms with Crippen molar-refractivity contribution in [3.8, 4) is 17.0 Å². The van der Waals surface area contributed by atoms with Gasteiger partial charge in [-0.15, -0.1) is 0 Å². The Morgan fingerprint density at radius 2 is 2.10 bits per heavy atom. The Balaban J connectivity index is 1.81. The van der Waals surface area contributed by atoms with Crippen LogP contribution >= 0.6 is 0 Å². The van der Waals surface area contributed by atoms with Crippen LogP contribution in [0.2, 0.25) is 0 Å². The van der Waals surface area contributed by atoms with Crippen LogP contribution in [0, 0.1) is 0 Å². The smallest absolute Gasteiger partial charge is 0.407 e. The molecule has 3 rings (SSSR count). The number of amides is 2. The molecular weight excluding hydrogens is 421 g/mol. The van der Waals surface area contributed by atoms with Gasteiger partial charge in [0, 0.05) is 42.7 Å². The maximum absolute atomic E-state index is 14.3. The molecule has 0 saturated carbocycles. The minimum Gasteiger partial charge on any atom is -0.471 e. The number of nitrogens with two attached hydrogens (primary N) is 1. The van der Waals surface area contributed by atoms with E-state index in [4.69, 9.17) is 15.6 Å². The van der Waals surface area contributed by atoms with Crippen LogP contribution in [-0.4, -0.2) is 76.8 Å². The zero-order valence-electron chi connectivity index (χ0n) is 15.9. The van der Waals surface area contributed by atoms with Gasteiger partial charge in [-0.2, -0.15) is 5.10 Å². The molecule has 0 spiro atoms. The van der Waals surface area contributed by atoms with E-state index in [2.05, 4.69) is 10.1 Å². The van der Waals surface area contributed by atoms with Crippen molar-refractivity contribution in [2.75, 3.05) is 19.3 Å². The van der Waals surface area contributed by atoms with Crippen molar-refractivity contribution in [3.63, 3.8) is 0 Å². The number of carboxylic acid groups (broad SMARTS) is 1. The standard InChI is InChI=1S/C17H20FN5O6S/c1-30(27,28)9-23-7-11(6-21-23)10-4-12(15(19)24)16(20-5-10)29-14-2-3-22(17(25)26)8-13(14)18/h4-7,13-14H,2-3,8-9H2,1H3,(H2,19,24)(H,25,26)/t13-,14-/m0/s1. The number of aromatic nitrogens is 3. The molecule has 0 unspecified atom stereocenters. The highest BCUT2D eigenvalue weighted by Crippen LogP contribution is 2.27. The molecule has 2 amide bonds. The van der Waals surface area contributed by atoms with E-state index in [1.54, 1.807) is 0 Å². The molecule has 0 aromatic carbocycles. The van der Waals surface area contributed by atoms with E-state index in [0.717, 1.165) is 11.2 Å². The summed E-state index contributed by atoms with van der Waals surface area (Å²) in [4.78, 5) is 27.9. The molecule has 1 aliphatic rings. The largest absolute Gasteiger partial charge is 0.471 e. The second-order valence-electron chi connectivity index (χ2n) is 6.95. The molecule has 2 atom stereocenters. The molecule has 13 heteroatoms. The lowest BCUT2D eigenvalue weighted by Gasteiger charge is -2.33. The SMILES string of the molecule is CS(=O)(=O)Cn1cc(-c2cnc(O[C@H]3CCN(C(=O)O)C[C@@H]3F)c(C(N)=O)c2)cn1. The van der Waals surface area contributed by atoms with Gasteiger partial charge < -0.3 is 20.5 Å². The fourth-order valence-corrected chi connectivity index (χ4v) is 3.66. The third-order valence-electron chi connectivity index (χ3n) is 4.47. The Bertz CT molecular complexity index is 1070. The lowest BCUT2D eigenvalue weighted by Crippen LogP contribution is -2.49. The minimum atomic E-state index is -3.29. The highest BCUT2D eigenvalue weighted by atomic mass is 32.2. The van der Waals surface area contributed by atoms with Gasteiger partial charge in [0.2, 0.25) is 5.88 Å². The Kier molecular flexibility index (Phi) is 5.92. The highest BCUT2D eigenvalue weighted by Gasteiger charge is 2.34. The first-order valence-corrected chi connectivity index (χ1v) is 10.9. The summed E-state index contributed by atoms with van der Waals surface area (Å²) in [5.41, 5.74) is 6.26. The Morgan fingerprint density at radius 3 is 2.70 bits per heavy atom. The second-order valence-corrected chi connectivity index (χ2v) is 9.06. The maximum atomic E-state index is 14.3. The van der Waals surface area contributed by atoms with E-state index in [9.17, 15) is 22.4 Å². The number of ether oxygens (including phenoxy) is 1. The fourth-order valence-electron chi connectivity index (χ4n) is 3.04. The van der Waals surface area contributed by atoms with Crippen LogP contribution in [0.4, 0.5) is 9.18 Å². The number of hydrogen-bond donors (Lipinski definition) is 2. The van der Waals surface area contributed by atoms with Gasteiger partial charge >= 0.3 is 6.09 Å². The van der Waals surface area contributed by atoms with Crippen molar-refractivity contribution in [1.82, 2.24) is 19.7 Å². The number of halogens is 1. The van der Waals surface area contributed by atoms with Crippen molar-refractivity contribution in [3.05, 3.63) is 30.2 Å². The van der Waals surface area contributed by atoms with E-state index in [0.29, 0.717) is 11.1 Å². The summed E-state index contributed by atoms with van der Waals surface area (Å²) in [7, 11) is -3.29. The topological polar surface area (TPSA) is 158 Å². The Hall–Kier alpha value is -3.22. The van der Waals surface area contributed by atoms with Crippen molar-refractivity contribution in [2.45, 2.75) is 24.6 Å². The lowest BCUT2D eigenvalue weighted by atomic mass is 10.1. The van der Waals surface area contributed by atoms with Crippen LogP contribution in [0.3, 0.4) is 0 Å². The quantitative estimate of drug-likeness (QED) is 0.656. The molecule has 0 radical (unpaired) electrons. The Morgan fingerprint density at radius 1 is 1.37 bits per heavy atom. The average Bonchev–Trinajstić information content (AvgIpc) is 3.09. The summed E-state index contributed by atoms with van der Waals surface area (Å²) < 4.78 is 43.9. The first kappa shape index (κ1) is 21.5. The number of sulfone groups is 1. The number of carbonyl (C=O) groups excluding carboxylic acids is 1. The van der Waals surface area contributed by atoms with Crippen molar-refractivity contribution >= 4 is 21.8 Å². The number of likely N-dealkylation sites (tertiary alicyclic amines) is 1. The number of nitrogens with zero attached hydrogens (tertiary/aromatic N) is 4.